The van der Waals surface area contributed by atoms with Gasteiger partial charge in [-0.25, -0.2) is 14.6 Å². The lowest BCUT2D eigenvalue weighted by atomic mass is 9.91. The minimum atomic E-state index is -1.11. The summed E-state index contributed by atoms with van der Waals surface area (Å²) in [6, 6.07) is 20.0. The Morgan fingerprint density at radius 1 is 1.11 bits per heavy atom. The summed E-state index contributed by atoms with van der Waals surface area (Å²) >= 11 is 3.26. The van der Waals surface area contributed by atoms with Crippen molar-refractivity contribution in [3.8, 4) is 11.5 Å². The number of fused-ring (bicyclic) bond motifs is 1. The van der Waals surface area contributed by atoms with Crippen molar-refractivity contribution in [2.45, 2.75) is 32.7 Å². The Balaban J connectivity index is 1.75. The third-order valence-corrected chi connectivity index (χ3v) is 8.97. The van der Waals surface area contributed by atoms with Crippen LogP contribution in [0.3, 0.4) is 0 Å². The zero-order valence-electron chi connectivity index (χ0n) is 25.1. The van der Waals surface area contributed by atoms with Gasteiger partial charge in [0.05, 0.1) is 39.1 Å². The number of nitrogens with zero attached hydrogens (tertiary/aromatic N) is 2. The molecule has 0 spiro atoms. The van der Waals surface area contributed by atoms with Gasteiger partial charge < -0.3 is 19.3 Å². The summed E-state index contributed by atoms with van der Waals surface area (Å²) < 4.78 is 19.0. The van der Waals surface area contributed by atoms with Crippen LogP contribution in [0.2, 0.25) is 0 Å². The summed E-state index contributed by atoms with van der Waals surface area (Å²) in [5, 5.41) is 9.05. The predicted octanol–water partition coefficient (Wildman–Crippen LogP) is 5.14. The van der Waals surface area contributed by atoms with Crippen molar-refractivity contribution >= 4 is 57.6 Å². The van der Waals surface area contributed by atoms with Gasteiger partial charge >= 0.3 is 11.9 Å². The minimum Gasteiger partial charge on any atom is -0.493 e. The standard InChI is InChI=1S/C34H31IN2O7S/c1-5-43-33(41)28-29(22-9-7-6-8-10-22)36-34-37(30(28)23-13-11-21(12-14-23)19(2)3)32(40)26(45-34)17-20-15-24(35)31(25(16-20)42-4)44-18-27(38)39/h6-17,19,30H,5,18H2,1-4H3,(H,38,39)/b26-17-/t30-/m1/s1. The fraction of sp³-hybridized carbons (Fsp3) is 0.235. The summed E-state index contributed by atoms with van der Waals surface area (Å²) in [5.74, 6) is -0.703. The first kappa shape index (κ1) is 32.2. The molecule has 0 saturated heterocycles. The average molecular weight is 739 g/mol. The van der Waals surface area contributed by atoms with Crippen LogP contribution in [0.5, 0.6) is 11.5 Å². The molecule has 5 rings (SSSR count). The summed E-state index contributed by atoms with van der Waals surface area (Å²) in [5.41, 5.74) is 3.70. The van der Waals surface area contributed by atoms with Crippen LogP contribution >= 0.6 is 33.9 Å². The molecule has 1 aliphatic rings. The summed E-state index contributed by atoms with van der Waals surface area (Å²) in [6.45, 7) is 5.61. The van der Waals surface area contributed by atoms with Gasteiger partial charge in [0.1, 0.15) is 0 Å². The third kappa shape index (κ3) is 6.74. The van der Waals surface area contributed by atoms with Crippen LogP contribution in [0.1, 0.15) is 55.0 Å². The van der Waals surface area contributed by atoms with Crippen molar-refractivity contribution < 1.29 is 28.9 Å². The van der Waals surface area contributed by atoms with Crippen LogP contribution in [0, 0.1) is 3.57 Å². The van der Waals surface area contributed by atoms with E-state index < -0.39 is 24.6 Å². The maximum absolute atomic E-state index is 14.2. The second-order valence-electron chi connectivity index (χ2n) is 10.5. The molecule has 0 aliphatic carbocycles. The van der Waals surface area contributed by atoms with Crippen molar-refractivity contribution in [1.29, 1.82) is 0 Å². The molecule has 11 heteroatoms. The first-order valence-electron chi connectivity index (χ1n) is 14.2. The van der Waals surface area contributed by atoms with E-state index >= 15 is 0 Å². The second-order valence-corrected chi connectivity index (χ2v) is 12.6. The fourth-order valence-electron chi connectivity index (χ4n) is 5.07. The van der Waals surface area contributed by atoms with Crippen LogP contribution in [0.25, 0.3) is 11.8 Å². The first-order chi connectivity index (χ1) is 21.6. The van der Waals surface area contributed by atoms with E-state index in [1.54, 1.807) is 29.7 Å². The SMILES string of the molecule is CCOC(=O)C1=C(c2ccccc2)N=c2s/c(=C\c3cc(I)c(OCC(=O)O)c(OC)c3)c(=O)n2[C@@H]1c1ccc(C(C)C)cc1. The molecule has 232 valence electrons. The molecule has 0 radical (unpaired) electrons. The number of carbonyl (C=O) groups excluding carboxylic acids is 1. The molecule has 0 unspecified atom stereocenters. The molecule has 1 N–H and O–H groups in total. The monoisotopic (exact) mass is 738 g/mol. The first-order valence-corrected chi connectivity index (χ1v) is 16.1. The van der Waals surface area contributed by atoms with E-state index in [2.05, 4.69) is 13.8 Å². The number of methoxy groups -OCH3 is 1. The summed E-state index contributed by atoms with van der Waals surface area (Å²) in [4.78, 5) is 44.3. The van der Waals surface area contributed by atoms with Crippen LogP contribution in [0.4, 0.5) is 0 Å². The van der Waals surface area contributed by atoms with Crippen molar-refractivity contribution in [1.82, 2.24) is 4.57 Å². The highest BCUT2D eigenvalue weighted by molar-refractivity contribution is 14.1. The number of carbonyl (C=O) groups is 2. The van der Waals surface area contributed by atoms with E-state index in [0.717, 1.165) is 16.7 Å². The van der Waals surface area contributed by atoms with Gasteiger partial charge in [0.2, 0.25) is 0 Å². The number of carboxylic acids is 1. The molecule has 45 heavy (non-hydrogen) atoms. The van der Waals surface area contributed by atoms with Crippen molar-refractivity contribution in [2.75, 3.05) is 20.3 Å². The molecule has 9 nitrogen and oxygen atoms in total. The molecule has 0 saturated carbocycles. The normalized spacial score (nSPS) is 14.6. The third-order valence-electron chi connectivity index (χ3n) is 7.18. The molecule has 1 atom stereocenters. The fourth-order valence-corrected chi connectivity index (χ4v) is 6.85. The van der Waals surface area contributed by atoms with E-state index in [4.69, 9.17) is 24.3 Å². The van der Waals surface area contributed by atoms with Gasteiger partial charge in [0, 0.05) is 5.56 Å². The zero-order valence-corrected chi connectivity index (χ0v) is 28.0. The number of thiazole rings is 1. The number of ether oxygens (including phenoxy) is 3. The number of aromatic nitrogens is 1. The number of rotatable bonds is 10. The molecule has 2 heterocycles. The number of esters is 1. The predicted molar refractivity (Wildman–Crippen MR) is 180 cm³/mol. The highest BCUT2D eigenvalue weighted by Gasteiger charge is 2.35. The van der Waals surface area contributed by atoms with Gasteiger partial charge in [0.25, 0.3) is 5.56 Å². The Labute approximate surface area is 277 Å². The number of aliphatic carboxylic acids is 1. The molecule has 0 fully saturated rings. The van der Waals surface area contributed by atoms with E-state index in [-0.39, 0.29) is 17.7 Å². The topological polar surface area (TPSA) is 116 Å². The maximum Gasteiger partial charge on any atom is 0.341 e. The number of halogens is 1. The lowest BCUT2D eigenvalue weighted by Crippen LogP contribution is -2.40. The maximum atomic E-state index is 14.2. The quantitative estimate of drug-likeness (QED) is 0.177. The highest BCUT2D eigenvalue weighted by Crippen LogP contribution is 2.36. The molecular weight excluding hydrogens is 707 g/mol. The van der Waals surface area contributed by atoms with E-state index in [1.165, 1.54) is 18.4 Å². The lowest BCUT2D eigenvalue weighted by Gasteiger charge is -2.26. The Morgan fingerprint density at radius 3 is 2.44 bits per heavy atom. The largest absolute Gasteiger partial charge is 0.493 e. The number of hydrogen-bond donors (Lipinski definition) is 1. The lowest BCUT2D eigenvalue weighted by molar-refractivity contribution is -0.140. The van der Waals surface area contributed by atoms with Crippen molar-refractivity contribution in [3.63, 3.8) is 0 Å². The van der Waals surface area contributed by atoms with Gasteiger partial charge in [0.15, 0.2) is 22.9 Å². The second kappa shape index (κ2) is 13.8. The van der Waals surface area contributed by atoms with Gasteiger partial charge in [-0.3, -0.25) is 9.36 Å². The van der Waals surface area contributed by atoms with Crippen LogP contribution < -0.4 is 24.4 Å². The Bertz CT molecular complexity index is 1960. The van der Waals surface area contributed by atoms with E-state index in [9.17, 15) is 14.4 Å². The molecular formula is C34H31IN2O7S. The van der Waals surface area contributed by atoms with Gasteiger partial charge in [-0.15, -0.1) is 0 Å². The Kier molecular flexibility index (Phi) is 9.88. The molecule has 0 amide bonds. The number of benzene rings is 3. The van der Waals surface area contributed by atoms with Gasteiger partial charge in [-0.2, -0.15) is 0 Å². The van der Waals surface area contributed by atoms with E-state index in [1.807, 2.05) is 77.2 Å². The Hall–Kier alpha value is -4.23. The summed E-state index contributed by atoms with van der Waals surface area (Å²) in [6.07, 6.45) is 1.73. The van der Waals surface area contributed by atoms with Gasteiger partial charge in [-0.1, -0.05) is 79.8 Å². The zero-order chi connectivity index (χ0) is 32.2. The average Bonchev–Trinajstić information content (AvgIpc) is 3.33. The molecule has 1 aromatic heterocycles. The van der Waals surface area contributed by atoms with Crippen molar-refractivity contribution in [3.05, 3.63) is 118 Å². The van der Waals surface area contributed by atoms with E-state index in [0.29, 0.717) is 41.6 Å². The minimum absolute atomic E-state index is 0.167. The number of hydrogen-bond acceptors (Lipinski definition) is 8. The van der Waals surface area contributed by atoms with Crippen LogP contribution in [-0.4, -0.2) is 41.9 Å². The Morgan fingerprint density at radius 2 is 1.82 bits per heavy atom. The molecule has 0 bridgehead atoms. The van der Waals surface area contributed by atoms with Crippen LogP contribution in [-0.2, 0) is 14.3 Å². The number of carboxylic acid groups (broad SMARTS) is 1. The highest BCUT2D eigenvalue weighted by atomic mass is 127. The summed E-state index contributed by atoms with van der Waals surface area (Å²) in [7, 11) is 1.46. The van der Waals surface area contributed by atoms with Crippen molar-refractivity contribution in [2.24, 2.45) is 4.99 Å². The smallest absolute Gasteiger partial charge is 0.341 e. The van der Waals surface area contributed by atoms with Gasteiger partial charge in [-0.05, 0) is 70.3 Å². The van der Waals surface area contributed by atoms with Crippen LogP contribution in [0.15, 0.2) is 82.1 Å². The molecule has 1 aliphatic heterocycles. The molecule has 3 aromatic carbocycles. The molecule has 4 aromatic rings.